The van der Waals surface area contributed by atoms with Gasteiger partial charge in [0, 0.05) is 6.04 Å². The van der Waals surface area contributed by atoms with Gasteiger partial charge >= 0.3 is 0 Å². The molecule has 0 aliphatic rings. The highest BCUT2D eigenvalue weighted by Gasteiger charge is 2.24. The van der Waals surface area contributed by atoms with Gasteiger partial charge in [0.2, 0.25) is 0 Å². The van der Waals surface area contributed by atoms with Gasteiger partial charge in [0.1, 0.15) is 0 Å². The number of aliphatic hydroxyl groups excluding tert-OH is 1. The first-order chi connectivity index (χ1) is 10.8. The molecule has 2 aromatic rings. The highest BCUT2D eigenvalue weighted by atomic mass is 16.3. The molecule has 0 saturated carbocycles. The van der Waals surface area contributed by atoms with Gasteiger partial charge in [-0.25, -0.2) is 0 Å². The Morgan fingerprint density at radius 1 is 0.870 bits per heavy atom. The van der Waals surface area contributed by atoms with E-state index in [-0.39, 0.29) is 28.9 Å². The third kappa shape index (κ3) is 3.85. The van der Waals surface area contributed by atoms with Gasteiger partial charge in [-0.1, -0.05) is 19.1 Å². The monoisotopic (exact) mass is 319 g/mol. The third-order valence-corrected chi connectivity index (χ3v) is 3.96. The maximum atomic E-state index is 10.3. The number of rotatable bonds is 5. The fourth-order valence-corrected chi connectivity index (χ4v) is 2.46. The molecule has 3 atom stereocenters. The number of benzene rings is 2. The standard InChI is InChI=1S/C17H21NO5/c1-9(6-10-2-4-12(19)14(21)7-10)16(18)17(23)11-3-5-13(20)15(22)8-11/h2-5,7-9,16-17,19-23H,6,18H2,1H3. The lowest BCUT2D eigenvalue weighted by molar-refractivity contribution is 0.121. The third-order valence-electron chi connectivity index (χ3n) is 3.96. The van der Waals surface area contributed by atoms with Crippen LogP contribution in [0.25, 0.3) is 0 Å². The second-order valence-electron chi connectivity index (χ2n) is 5.77. The van der Waals surface area contributed by atoms with Crippen LogP contribution in [0.2, 0.25) is 0 Å². The van der Waals surface area contributed by atoms with Gasteiger partial charge in [-0.3, -0.25) is 0 Å². The minimum atomic E-state index is -1.01. The predicted octanol–water partition coefficient (Wildman–Crippen LogP) is 1.75. The lowest BCUT2D eigenvalue weighted by Crippen LogP contribution is -2.36. The number of aliphatic hydroxyl groups is 1. The second-order valence-corrected chi connectivity index (χ2v) is 5.77. The SMILES string of the molecule is CC(Cc1ccc(O)c(O)c1)C(N)C(O)c1ccc(O)c(O)c1. The normalized spacial score (nSPS) is 15.1. The summed E-state index contributed by atoms with van der Waals surface area (Å²) in [4.78, 5) is 0. The zero-order valence-corrected chi connectivity index (χ0v) is 12.7. The first kappa shape index (κ1) is 16.9. The van der Waals surface area contributed by atoms with Crippen LogP contribution in [0.15, 0.2) is 36.4 Å². The molecule has 0 radical (unpaired) electrons. The Bertz CT molecular complexity index is 689. The summed E-state index contributed by atoms with van der Waals surface area (Å²) >= 11 is 0. The molecule has 2 aromatic carbocycles. The molecule has 124 valence electrons. The first-order valence-corrected chi connectivity index (χ1v) is 7.26. The summed E-state index contributed by atoms with van der Waals surface area (Å²) in [6.45, 7) is 1.86. The van der Waals surface area contributed by atoms with Gasteiger partial charge < -0.3 is 31.3 Å². The molecule has 0 spiro atoms. The van der Waals surface area contributed by atoms with Crippen LogP contribution >= 0.6 is 0 Å². The summed E-state index contributed by atoms with van der Waals surface area (Å²) in [6.07, 6.45) is -0.516. The summed E-state index contributed by atoms with van der Waals surface area (Å²) in [5.41, 5.74) is 7.28. The lowest BCUT2D eigenvalue weighted by Gasteiger charge is -2.25. The van der Waals surface area contributed by atoms with E-state index in [0.717, 1.165) is 5.56 Å². The molecule has 6 heteroatoms. The molecule has 6 nitrogen and oxygen atoms in total. The molecule has 7 N–H and O–H groups in total. The van der Waals surface area contributed by atoms with E-state index in [1.807, 2.05) is 6.92 Å². The molecule has 0 aromatic heterocycles. The maximum Gasteiger partial charge on any atom is 0.157 e. The quantitative estimate of drug-likeness (QED) is 0.466. The molecule has 0 heterocycles. The van der Waals surface area contributed by atoms with Crippen LogP contribution in [0.3, 0.4) is 0 Å². The highest BCUT2D eigenvalue weighted by Crippen LogP contribution is 2.31. The fourth-order valence-electron chi connectivity index (χ4n) is 2.46. The second kappa shape index (κ2) is 6.76. The van der Waals surface area contributed by atoms with Crippen molar-refractivity contribution in [1.29, 1.82) is 0 Å². The Hall–Kier alpha value is -2.44. The Balaban J connectivity index is 2.09. The van der Waals surface area contributed by atoms with E-state index in [0.29, 0.717) is 12.0 Å². The average Bonchev–Trinajstić information content (AvgIpc) is 2.52. The zero-order chi connectivity index (χ0) is 17.1. The van der Waals surface area contributed by atoms with Gasteiger partial charge in [-0.05, 0) is 47.7 Å². The van der Waals surface area contributed by atoms with Crippen LogP contribution in [0.1, 0.15) is 24.2 Å². The van der Waals surface area contributed by atoms with Gasteiger partial charge in [0.15, 0.2) is 23.0 Å². The lowest BCUT2D eigenvalue weighted by atomic mass is 9.88. The molecule has 3 unspecified atom stereocenters. The van der Waals surface area contributed by atoms with E-state index >= 15 is 0 Å². The Kier molecular flexibility index (Phi) is 4.98. The summed E-state index contributed by atoms with van der Waals surface area (Å²) in [6, 6.07) is 7.99. The van der Waals surface area contributed by atoms with E-state index in [9.17, 15) is 25.5 Å². The molecule has 0 amide bonds. The van der Waals surface area contributed by atoms with Gasteiger partial charge in [-0.15, -0.1) is 0 Å². The molecule has 23 heavy (non-hydrogen) atoms. The molecule has 2 rings (SSSR count). The summed E-state index contributed by atoms with van der Waals surface area (Å²) < 4.78 is 0. The Morgan fingerprint density at radius 3 is 2.00 bits per heavy atom. The van der Waals surface area contributed by atoms with E-state index in [4.69, 9.17) is 5.73 Å². The minimum absolute atomic E-state index is 0.134. The number of hydrogen-bond donors (Lipinski definition) is 6. The van der Waals surface area contributed by atoms with E-state index in [2.05, 4.69) is 0 Å². The molecule has 0 saturated heterocycles. The fraction of sp³-hybridized carbons (Fsp3) is 0.294. The van der Waals surface area contributed by atoms with Crippen molar-refractivity contribution in [3.05, 3.63) is 47.5 Å². The number of phenolic OH excluding ortho intramolecular Hbond substituents is 4. The molecule has 0 fully saturated rings. The topological polar surface area (TPSA) is 127 Å². The van der Waals surface area contributed by atoms with Crippen molar-refractivity contribution in [2.75, 3.05) is 0 Å². The van der Waals surface area contributed by atoms with Crippen molar-refractivity contribution in [2.24, 2.45) is 11.7 Å². The van der Waals surface area contributed by atoms with Crippen LogP contribution in [-0.4, -0.2) is 31.6 Å². The average molecular weight is 319 g/mol. The summed E-state index contributed by atoms with van der Waals surface area (Å²) in [7, 11) is 0. The van der Waals surface area contributed by atoms with Crippen LogP contribution in [0, 0.1) is 5.92 Å². The van der Waals surface area contributed by atoms with Crippen molar-refractivity contribution in [3.63, 3.8) is 0 Å². The van der Waals surface area contributed by atoms with E-state index in [1.54, 1.807) is 6.07 Å². The van der Waals surface area contributed by atoms with Crippen molar-refractivity contribution in [2.45, 2.75) is 25.5 Å². The van der Waals surface area contributed by atoms with Gasteiger partial charge in [-0.2, -0.15) is 0 Å². The number of phenols is 4. The van der Waals surface area contributed by atoms with Crippen LogP contribution < -0.4 is 5.73 Å². The smallest absolute Gasteiger partial charge is 0.157 e. The van der Waals surface area contributed by atoms with Crippen molar-refractivity contribution in [1.82, 2.24) is 0 Å². The van der Waals surface area contributed by atoms with Crippen molar-refractivity contribution in [3.8, 4) is 23.0 Å². The molecular weight excluding hydrogens is 298 g/mol. The molecular formula is C17H21NO5. The molecule has 0 aliphatic carbocycles. The van der Waals surface area contributed by atoms with E-state index in [1.165, 1.54) is 30.3 Å². The Labute approximate surface area is 134 Å². The summed E-state index contributed by atoms with van der Waals surface area (Å²) in [5, 5.41) is 48.0. The van der Waals surface area contributed by atoms with Crippen LogP contribution in [0.4, 0.5) is 0 Å². The maximum absolute atomic E-state index is 10.3. The van der Waals surface area contributed by atoms with Crippen LogP contribution in [-0.2, 0) is 6.42 Å². The van der Waals surface area contributed by atoms with Gasteiger partial charge in [0.25, 0.3) is 0 Å². The summed E-state index contributed by atoms with van der Waals surface area (Å²) in [5.74, 6) is -1.10. The largest absolute Gasteiger partial charge is 0.504 e. The predicted molar refractivity (Wildman–Crippen MR) is 85.3 cm³/mol. The molecule has 0 aliphatic heterocycles. The molecule has 0 bridgehead atoms. The van der Waals surface area contributed by atoms with E-state index < -0.39 is 12.1 Å². The van der Waals surface area contributed by atoms with Crippen molar-refractivity contribution >= 4 is 0 Å². The minimum Gasteiger partial charge on any atom is -0.504 e. The zero-order valence-electron chi connectivity index (χ0n) is 12.7. The number of hydrogen-bond acceptors (Lipinski definition) is 6. The van der Waals surface area contributed by atoms with Crippen molar-refractivity contribution < 1.29 is 25.5 Å². The van der Waals surface area contributed by atoms with Gasteiger partial charge in [0.05, 0.1) is 6.10 Å². The first-order valence-electron chi connectivity index (χ1n) is 7.26. The van der Waals surface area contributed by atoms with Crippen LogP contribution in [0.5, 0.6) is 23.0 Å². The number of nitrogens with two attached hydrogens (primary N) is 1. The Morgan fingerprint density at radius 2 is 1.43 bits per heavy atom. The number of aromatic hydroxyl groups is 4. The highest BCUT2D eigenvalue weighted by molar-refractivity contribution is 5.42.